The number of amides is 1. The molecule has 0 radical (unpaired) electrons. The third-order valence-corrected chi connectivity index (χ3v) is 7.04. The molecule has 0 spiro atoms. The third kappa shape index (κ3) is 4.02. The monoisotopic (exact) mass is 444 g/mol. The van der Waals surface area contributed by atoms with Crippen molar-refractivity contribution in [1.82, 2.24) is 9.47 Å². The second-order valence-corrected chi connectivity index (χ2v) is 9.03. The minimum Gasteiger partial charge on any atom is -0.459 e. The van der Waals surface area contributed by atoms with Gasteiger partial charge < -0.3 is 18.8 Å². The Labute approximate surface area is 192 Å². The van der Waals surface area contributed by atoms with E-state index in [0.717, 1.165) is 23.7 Å². The molecule has 0 bridgehead atoms. The summed E-state index contributed by atoms with van der Waals surface area (Å²) in [6.45, 7) is 2.78. The number of aromatic nitrogens is 1. The zero-order valence-corrected chi connectivity index (χ0v) is 18.7. The Hall–Kier alpha value is -3.53. The highest BCUT2D eigenvalue weighted by molar-refractivity contribution is 5.95. The number of para-hydroxylation sites is 1. The van der Waals surface area contributed by atoms with Crippen molar-refractivity contribution in [3.8, 4) is 6.07 Å². The molecule has 170 valence electrons. The fourth-order valence-corrected chi connectivity index (χ4v) is 5.32. The number of piperazine rings is 1. The average Bonchev–Trinajstić information content (AvgIpc) is 3.41. The molecular formula is C26H28N4O3. The normalized spacial score (nSPS) is 17.3. The summed E-state index contributed by atoms with van der Waals surface area (Å²) in [6.07, 6.45) is 7.45. The second-order valence-electron chi connectivity index (χ2n) is 9.03. The van der Waals surface area contributed by atoms with Crippen LogP contribution in [0.2, 0.25) is 0 Å². The van der Waals surface area contributed by atoms with E-state index in [1.807, 2.05) is 28.8 Å². The largest absolute Gasteiger partial charge is 0.459 e. The van der Waals surface area contributed by atoms with Gasteiger partial charge in [0.2, 0.25) is 0 Å². The first-order chi connectivity index (χ1) is 16.2. The van der Waals surface area contributed by atoms with Gasteiger partial charge in [0.15, 0.2) is 5.76 Å². The van der Waals surface area contributed by atoms with E-state index in [4.69, 9.17) is 4.42 Å². The zero-order chi connectivity index (χ0) is 22.8. The first kappa shape index (κ1) is 21.3. The number of furan rings is 1. The number of nitrogens with zero attached hydrogens (tertiary/aromatic N) is 4. The van der Waals surface area contributed by atoms with Gasteiger partial charge in [0.05, 0.1) is 17.5 Å². The number of anilines is 1. The molecule has 0 N–H and O–H groups in total. The summed E-state index contributed by atoms with van der Waals surface area (Å²) in [6, 6.07) is 13.5. The molecule has 1 saturated carbocycles. The van der Waals surface area contributed by atoms with Crippen molar-refractivity contribution in [3.63, 3.8) is 0 Å². The van der Waals surface area contributed by atoms with Gasteiger partial charge in [-0.25, -0.2) is 0 Å². The smallest absolute Gasteiger partial charge is 0.289 e. The van der Waals surface area contributed by atoms with Gasteiger partial charge in [-0.2, -0.15) is 5.26 Å². The molecule has 7 heteroatoms. The molecule has 1 amide bonds. The van der Waals surface area contributed by atoms with Crippen LogP contribution in [0.4, 0.5) is 5.69 Å². The number of pyridine rings is 1. The van der Waals surface area contributed by atoms with Crippen molar-refractivity contribution in [1.29, 1.82) is 5.26 Å². The van der Waals surface area contributed by atoms with Crippen molar-refractivity contribution in [2.45, 2.75) is 38.6 Å². The van der Waals surface area contributed by atoms with Crippen molar-refractivity contribution in [3.05, 3.63) is 64.3 Å². The van der Waals surface area contributed by atoms with Crippen LogP contribution in [0.3, 0.4) is 0 Å². The molecule has 2 aliphatic rings. The second kappa shape index (κ2) is 9.14. The van der Waals surface area contributed by atoms with E-state index in [0.29, 0.717) is 50.1 Å². The van der Waals surface area contributed by atoms with E-state index in [-0.39, 0.29) is 17.0 Å². The maximum atomic E-state index is 13.5. The van der Waals surface area contributed by atoms with E-state index in [1.54, 1.807) is 17.0 Å². The standard InChI is InChI=1S/C26H28N4O3/c27-17-21-24(28-12-14-29(15-13-28)26(32)23-11-6-16-33-23)20-9-4-5-10-22(20)30(25(21)31)18-19-7-2-1-3-8-19/h4-6,9-11,16,19H,1-3,7-8,12-15,18H2. The highest BCUT2D eigenvalue weighted by atomic mass is 16.3. The summed E-state index contributed by atoms with van der Waals surface area (Å²) in [5, 5.41) is 10.9. The van der Waals surface area contributed by atoms with E-state index >= 15 is 0 Å². The molecule has 0 unspecified atom stereocenters. The summed E-state index contributed by atoms with van der Waals surface area (Å²) in [4.78, 5) is 30.0. The molecule has 3 aromatic rings. The first-order valence-electron chi connectivity index (χ1n) is 11.8. The highest BCUT2D eigenvalue weighted by Crippen LogP contribution is 2.31. The predicted octanol–water partition coefficient (Wildman–Crippen LogP) is 4.01. The Kier molecular flexibility index (Phi) is 5.91. The molecule has 1 saturated heterocycles. The summed E-state index contributed by atoms with van der Waals surface area (Å²) in [5.41, 5.74) is 1.58. The first-order valence-corrected chi connectivity index (χ1v) is 11.8. The number of carbonyl (C=O) groups excluding carboxylic acids is 1. The van der Waals surface area contributed by atoms with Crippen LogP contribution >= 0.6 is 0 Å². The molecule has 1 aliphatic carbocycles. The Morgan fingerprint density at radius 2 is 1.79 bits per heavy atom. The van der Waals surface area contributed by atoms with Gasteiger partial charge in [0.25, 0.3) is 11.5 Å². The van der Waals surface area contributed by atoms with Crippen LogP contribution in [0.1, 0.15) is 48.2 Å². The number of hydrogen-bond acceptors (Lipinski definition) is 5. The Morgan fingerprint density at radius 3 is 2.48 bits per heavy atom. The summed E-state index contributed by atoms with van der Waals surface area (Å²) >= 11 is 0. The maximum Gasteiger partial charge on any atom is 0.289 e. The fraction of sp³-hybridized carbons (Fsp3) is 0.423. The van der Waals surface area contributed by atoms with Crippen LogP contribution < -0.4 is 10.5 Å². The quantitative estimate of drug-likeness (QED) is 0.607. The zero-order valence-electron chi connectivity index (χ0n) is 18.7. The Bertz CT molecular complexity index is 1240. The van der Waals surface area contributed by atoms with Gasteiger partial charge in [0, 0.05) is 38.1 Å². The van der Waals surface area contributed by atoms with Crippen molar-refractivity contribution < 1.29 is 9.21 Å². The van der Waals surface area contributed by atoms with Gasteiger partial charge in [-0.3, -0.25) is 9.59 Å². The molecule has 3 heterocycles. The molecule has 2 aromatic heterocycles. The summed E-state index contributed by atoms with van der Waals surface area (Å²) in [7, 11) is 0. The van der Waals surface area contributed by atoms with Gasteiger partial charge in [-0.1, -0.05) is 37.5 Å². The van der Waals surface area contributed by atoms with E-state index in [2.05, 4.69) is 11.0 Å². The molecular weight excluding hydrogens is 416 g/mol. The molecule has 0 atom stereocenters. The van der Waals surface area contributed by atoms with Gasteiger partial charge >= 0.3 is 0 Å². The van der Waals surface area contributed by atoms with Crippen LogP contribution in [0.25, 0.3) is 10.9 Å². The maximum absolute atomic E-state index is 13.5. The Morgan fingerprint density at radius 1 is 1.03 bits per heavy atom. The third-order valence-electron chi connectivity index (χ3n) is 7.04. The van der Waals surface area contributed by atoms with E-state index in [9.17, 15) is 14.9 Å². The van der Waals surface area contributed by atoms with Crippen molar-refractivity contribution in [2.75, 3.05) is 31.1 Å². The lowest BCUT2D eigenvalue weighted by molar-refractivity contribution is 0.0715. The van der Waals surface area contributed by atoms with Crippen molar-refractivity contribution in [2.24, 2.45) is 5.92 Å². The minimum atomic E-state index is -0.203. The van der Waals surface area contributed by atoms with E-state index in [1.165, 1.54) is 25.5 Å². The molecule has 1 aromatic carbocycles. The highest BCUT2D eigenvalue weighted by Gasteiger charge is 2.28. The number of hydrogen-bond donors (Lipinski definition) is 0. The van der Waals surface area contributed by atoms with Crippen LogP contribution in [0.5, 0.6) is 0 Å². The number of nitriles is 1. The number of carbonyl (C=O) groups is 1. The van der Waals surface area contributed by atoms with E-state index < -0.39 is 0 Å². The molecule has 1 aliphatic heterocycles. The Balaban J connectivity index is 1.48. The molecule has 2 fully saturated rings. The number of benzene rings is 1. The van der Waals surface area contributed by atoms with Crippen LogP contribution in [0, 0.1) is 17.2 Å². The number of rotatable bonds is 4. The summed E-state index contributed by atoms with van der Waals surface area (Å²) in [5.74, 6) is 0.679. The molecule has 33 heavy (non-hydrogen) atoms. The lowest BCUT2D eigenvalue weighted by Gasteiger charge is -2.37. The van der Waals surface area contributed by atoms with Crippen molar-refractivity contribution >= 4 is 22.5 Å². The lowest BCUT2D eigenvalue weighted by Crippen LogP contribution is -2.49. The van der Waals surface area contributed by atoms with Crippen LogP contribution in [0.15, 0.2) is 51.9 Å². The van der Waals surface area contributed by atoms with Gasteiger partial charge in [-0.15, -0.1) is 0 Å². The topological polar surface area (TPSA) is 82.5 Å². The molecule has 7 nitrogen and oxygen atoms in total. The lowest BCUT2D eigenvalue weighted by atomic mass is 9.89. The SMILES string of the molecule is N#Cc1c(N2CCN(C(=O)c3ccco3)CC2)c2ccccc2n(CC2CCCCC2)c1=O. The van der Waals surface area contributed by atoms with Gasteiger partial charge in [-0.05, 0) is 37.0 Å². The molecule has 5 rings (SSSR count). The predicted molar refractivity (Wildman–Crippen MR) is 126 cm³/mol. The number of fused-ring (bicyclic) bond motifs is 1. The average molecular weight is 445 g/mol. The fourth-order valence-electron chi connectivity index (χ4n) is 5.32. The van der Waals surface area contributed by atoms with Crippen LogP contribution in [-0.2, 0) is 6.54 Å². The summed E-state index contributed by atoms with van der Waals surface area (Å²) < 4.78 is 7.08. The van der Waals surface area contributed by atoms with Gasteiger partial charge in [0.1, 0.15) is 11.6 Å². The minimum absolute atomic E-state index is 0.132. The van der Waals surface area contributed by atoms with Crippen LogP contribution in [-0.4, -0.2) is 41.6 Å².